The number of aromatic amines is 1. The highest BCUT2D eigenvalue weighted by molar-refractivity contribution is 6.04. The summed E-state index contributed by atoms with van der Waals surface area (Å²) in [6, 6.07) is 15.3. The third kappa shape index (κ3) is 2.68. The van der Waals surface area contributed by atoms with Gasteiger partial charge in [-0.3, -0.25) is 4.79 Å². The molecule has 0 aliphatic heterocycles. The monoisotopic (exact) mass is 331 g/mol. The second kappa shape index (κ2) is 5.92. The zero-order chi connectivity index (χ0) is 17.4. The van der Waals surface area contributed by atoms with Crippen LogP contribution >= 0.6 is 0 Å². The van der Waals surface area contributed by atoms with Gasteiger partial charge in [0.25, 0.3) is 5.91 Å². The van der Waals surface area contributed by atoms with Crippen molar-refractivity contribution in [3.63, 3.8) is 0 Å². The van der Waals surface area contributed by atoms with Crippen LogP contribution in [0.3, 0.4) is 0 Å². The third-order valence-corrected chi connectivity index (χ3v) is 4.19. The number of primary amides is 1. The number of rotatable bonds is 4. The zero-order valence-corrected chi connectivity index (χ0v) is 13.4. The van der Waals surface area contributed by atoms with Crippen molar-refractivity contribution in [3.05, 3.63) is 72.1 Å². The molecular formula is C19H17N5O. The van der Waals surface area contributed by atoms with Gasteiger partial charge in [0, 0.05) is 30.2 Å². The standard InChI is InChI=1S/C19H17N5O/c20-10-12-7-8-24(11-12)14-4-1-3-13(9-14)19-22-16-6-2-5-15(18(21)25)17(16)23-19/h1-9,11H,10,20H2,(H2,21,25)(H,22,23). The lowest BCUT2D eigenvalue weighted by Crippen LogP contribution is -2.11. The summed E-state index contributed by atoms with van der Waals surface area (Å²) >= 11 is 0. The van der Waals surface area contributed by atoms with Crippen molar-refractivity contribution in [2.75, 3.05) is 0 Å². The number of benzene rings is 2. The van der Waals surface area contributed by atoms with Gasteiger partial charge in [-0.15, -0.1) is 0 Å². The largest absolute Gasteiger partial charge is 0.366 e. The van der Waals surface area contributed by atoms with Gasteiger partial charge >= 0.3 is 0 Å². The molecule has 0 saturated carbocycles. The van der Waals surface area contributed by atoms with Crippen molar-refractivity contribution in [2.45, 2.75) is 6.54 Å². The van der Waals surface area contributed by atoms with Gasteiger partial charge in [-0.2, -0.15) is 0 Å². The average Bonchev–Trinajstić information content (AvgIpc) is 3.28. The first-order chi connectivity index (χ1) is 12.2. The highest BCUT2D eigenvalue weighted by Gasteiger charge is 2.12. The van der Waals surface area contributed by atoms with Gasteiger partial charge in [0.2, 0.25) is 0 Å². The Morgan fingerprint density at radius 3 is 2.76 bits per heavy atom. The molecule has 0 spiro atoms. The van der Waals surface area contributed by atoms with Crippen LogP contribution in [0, 0.1) is 0 Å². The number of hydrogen-bond donors (Lipinski definition) is 3. The summed E-state index contributed by atoms with van der Waals surface area (Å²) in [4.78, 5) is 19.4. The smallest absolute Gasteiger partial charge is 0.250 e. The van der Waals surface area contributed by atoms with Crippen molar-refractivity contribution in [1.29, 1.82) is 0 Å². The molecule has 0 fully saturated rings. The number of para-hydroxylation sites is 1. The average molecular weight is 331 g/mol. The highest BCUT2D eigenvalue weighted by Crippen LogP contribution is 2.24. The van der Waals surface area contributed by atoms with E-state index in [1.54, 1.807) is 12.1 Å². The van der Waals surface area contributed by atoms with Crippen LogP contribution in [0.4, 0.5) is 0 Å². The molecule has 0 radical (unpaired) electrons. The van der Waals surface area contributed by atoms with E-state index in [0.29, 0.717) is 23.4 Å². The molecule has 2 aromatic heterocycles. The number of nitrogens with one attached hydrogen (secondary N) is 1. The molecule has 4 aromatic rings. The Kier molecular flexibility index (Phi) is 3.59. The van der Waals surface area contributed by atoms with Crippen LogP contribution < -0.4 is 11.5 Å². The minimum absolute atomic E-state index is 0.411. The minimum Gasteiger partial charge on any atom is -0.366 e. The molecular weight excluding hydrogens is 314 g/mol. The van der Waals surface area contributed by atoms with Crippen LogP contribution in [-0.2, 0) is 6.54 Å². The molecule has 5 N–H and O–H groups in total. The van der Waals surface area contributed by atoms with E-state index < -0.39 is 5.91 Å². The third-order valence-electron chi connectivity index (χ3n) is 4.19. The topological polar surface area (TPSA) is 103 Å². The number of nitrogens with zero attached hydrogens (tertiary/aromatic N) is 2. The second-order valence-corrected chi connectivity index (χ2v) is 5.83. The van der Waals surface area contributed by atoms with E-state index in [1.165, 1.54) is 0 Å². The number of nitrogens with two attached hydrogens (primary N) is 2. The maximum atomic E-state index is 11.6. The zero-order valence-electron chi connectivity index (χ0n) is 13.4. The fourth-order valence-electron chi connectivity index (χ4n) is 2.90. The Hall–Kier alpha value is -3.38. The predicted octanol–water partition coefficient (Wildman–Crippen LogP) is 2.58. The lowest BCUT2D eigenvalue weighted by Gasteiger charge is -2.05. The van der Waals surface area contributed by atoms with Crippen LogP contribution in [0.5, 0.6) is 0 Å². The quantitative estimate of drug-likeness (QED) is 0.535. The van der Waals surface area contributed by atoms with E-state index in [1.807, 2.05) is 53.4 Å². The van der Waals surface area contributed by atoms with Gasteiger partial charge in [-0.25, -0.2) is 4.98 Å². The fourth-order valence-corrected chi connectivity index (χ4v) is 2.90. The Balaban J connectivity index is 1.80. The molecule has 6 nitrogen and oxygen atoms in total. The van der Waals surface area contributed by atoms with Gasteiger partial charge in [0.05, 0.1) is 11.1 Å². The van der Waals surface area contributed by atoms with E-state index in [2.05, 4.69) is 9.97 Å². The van der Waals surface area contributed by atoms with Gasteiger partial charge in [0.15, 0.2) is 0 Å². The summed E-state index contributed by atoms with van der Waals surface area (Å²) in [6.07, 6.45) is 3.98. The second-order valence-electron chi connectivity index (χ2n) is 5.83. The molecule has 0 saturated heterocycles. The molecule has 6 heteroatoms. The van der Waals surface area contributed by atoms with Crippen LogP contribution in [-0.4, -0.2) is 20.4 Å². The number of carbonyl (C=O) groups excluding carboxylic acids is 1. The SMILES string of the molecule is NCc1ccn(-c2cccc(-c3nc4c(C(N)=O)cccc4[nH]3)c2)c1. The Bertz CT molecular complexity index is 1080. The molecule has 124 valence electrons. The van der Waals surface area contributed by atoms with Gasteiger partial charge < -0.3 is 21.0 Å². The molecule has 1 amide bonds. The van der Waals surface area contributed by atoms with E-state index in [9.17, 15) is 4.79 Å². The lowest BCUT2D eigenvalue weighted by atomic mass is 10.2. The number of imidazole rings is 1. The first-order valence-electron chi connectivity index (χ1n) is 7.92. The van der Waals surface area contributed by atoms with Crippen molar-refractivity contribution in [3.8, 4) is 17.1 Å². The van der Waals surface area contributed by atoms with Gasteiger partial charge in [0.1, 0.15) is 11.3 Å². The fraction of sp³-hybridized carbons (Fsp3) is 0.0526. The Morgan fingerprint density at radius 2 is 2.00 bits per heavy atom. The van der Waals surface area contributed by atoms with Crippen molar-refractivity contribution in [1.82, 2.24) is 14.5 Å². The number of amides is 1. The van der Waals surface area contributed by atoms with E-state index in [-0.39, 0.29) is 0 Å². The lowest BCUT2D eigenvalue weighted by molar-refractivity contribution is 0.100. The molecule has 0 unspecified atom stereocenters. The van der Waals surface area contributed by atoms with Crippen molar-refractivity contribution >= 4 is 16.9 Å². The van der Waals surface area contributed by atoms with Gasteiger partial charge in [-0.1, -0.05) is 18.2 Å². The first-order valence-corrected chi connectivity index (χ1v) is 7.92. The van der Waals surface area contributed by atoms with Crippen molar-refractivity contribution in [2.24, 2.45) is 11.5 Å². The first kappa shape index (κ1) is 15.2. The Morgan fingerprint density at radius 1 is 1.16 bits per heavy atom. The van der Waals surface area contributed by atoms with Crippen LogP contribution in [0.15, 0.2) is 60.9 Å². The predicted molar refractivity (Wildman–Crippen MR) is 97.3 cm³/mol. The molecule has 0 aliphatic rings. The Labute approximate surface area is 144 Å². The maximum absolute atomic E-state index is 11.6. The van der Waals surface area contributed by atoms with Gasteiger partial charge in [-0.05, 0) is 35.9 Å². The molecule has 0 atom stereocenters. The van der Waals surface area contributed by atoms with Crippen molar-refractivity contribution < 1.29 is 4.79 Å². The number of fused-ring (bicyclic) bond motifs is 1. The molecule has 25 heavy (non-hydrogen) atoms. The summed E-state index contributed by atoms with van der Waals surface area (Å²) in [5.41, 5.74) is 15.9. The van der Waals surface area contributed by atoms with Crippen LogP contribution in [0.25, 0.3) is 28.1 Å². The summed E-state index contributed by atoms with van der Waals surface area (Å²) in [7, 11) is 0. The maximum Gasteiger partial charge on any atom is 0.250 e. The van der Waals surface area contributed by atoms with E-state index >= 15 is 0 Å². The normalized spacial score (nSPS) is 11.1. The van der Waals surface area contributed by atoms with E-state index in [0.717, 1.165) is 22.3 Å². The number of aromatic nitrogens is 3. The molecule has 2 heterocycles. The number of carbonyl (C=O) groups is 1. The number of H-pyrrole nitrogens is 1. The molecule has 4 rings (SSSR count). The minimum atomic E-state index is -0.487. The highest BCUT2D eigenvalue weighted by atomic mass is 16.1. The summed E-state index contributed by atoms with van der Waals surface area (Å²) in [6.45, 7) is 0.506. The summed E-state index contributed by atoms with van der Waals surface area (Å²) in [5, 5.41) is 0. The van der Waals surface area contributed by atoms with E-state index in [4.69, 9.17) is 11.5 Å². The summed E-state index contributed by atoms with van der Waals surface area (Å²) < 4.78 is 2.02. The summed E-state index contributed by atoms with van der Waals surface area (Å²) in [5.74, 6) is 0.204. The number of hydrogen-bond acceptors (Lipinski definition) is 3. The van der Waals surface area contributed by atoms with Crippen LogP contribution in [0.1, 0.15) is 15.9 Å². The molecule has 0 aliphatic carbocycles. The molecule has 0 bridgehead atoms. The van der Waals surface area contributed by atoms with Crippen LogP contribution in [0.2, 0.25) is 0 Å². The molecule has 2 aromatic carbocycles.